The fraction of sp³-hybridized carbons (Fsp3) is 0.800. The van der Waals surface area contributed by atoms with Crippen molar-refractivity contribution in [1.29, 1.82) is 0 Å². The van der Waals surface area contributed by atoms with Gasteiger partial charge >= 0.3 is 0 Å². The van der Waals surface area contributed by atoms with E-state index in [-0.39, 0.29) is 28.9 Å². The molecule has 1 aliphatic rings. The summed E-state index contributed by atoms with van der Waals surface area (Å²) in [6.45, 7) is 5.65. The third-order valence-electron chi connectivity index (χ3n) is 3.79. The van der Waals surface area contributed by atoms with E-state index >= 15 is 0 Å². The zero-order chi connectivity index (χ0) is 16.1. The van der Waals surface area contributed by atoms with Gasteiger partial charge in [0.05, 0.1) is 16.9 Å². The van der Waals surface area contributed by atoms with Crippen molar-refractivity contribution in [1.82, 2.24) is 10.6 Å². The largest absolute Gasteiger partial charge is 0.392 e. The lowest BCUT2D eigenvalue weighted by molar-refractivity contribution is -0.131. The molecule has 1 saturated carbocycles. The molecular weight excluding hydrogens is 286 g/mol. The Labute approximate surface area is 132 Å². The maximum Gasteiger partial charge on any atom is 0.239 e. The number of nitrogens with one attached hydrogen (secondary N) is 2. The maximum atomic E-state index is 12.5. The molecule has 0 atom stereocenters. The van der Waals surface area contributed by atoms with E-state index in [0.717, 1.165) is 25.7 Å². The van der Waals surface area contributed by atoms with Crippen LogP contribution in [0.15, 0.2) is 0 Å². The number of rotatable bonds is 4. The molecule has 21 heavy (non-hydrogen) atoms. The summed E-state index contributed by atoms with van der Waals surface area (Å²) in [5.74, 6) is -0.413. The first-order chi connectivity index (χ1) is 9.67. The Hall–Kier alpha value is -1.17. The molecule has 2 amide bonds. The van der Waals surface area contributed by atoms with Crippen LogP contribution >= 0.6 is 12.2 Å². The van der Waals surface area contributed by atoms with Gasteiger partial charge in [-0.3, -0.25) is 9.59 Å². The Morgan fingerprint density at radius 3 is 2.10 bits per heavy atom. The molecule has 0 aliphatic heterocycles. The first kappa shape index (κ1) is 17.9. The smallest absolute Gasteiger partial charge is 0.239 e. The van der Waals surface area contributed by atoms with Crippen molar-refractivity contribution in [2.24, 2.45) is 11.1 Å². The second kappa shape index (κ2) is 7.20. The summed E-state index contributed by atoms with van der Waals surface area (Å²) in [4.78, 5) is 24.6. The minimum atomic E-state index is -0.784. The number of hydrogen-bond donors (Lipinski definition) is 3. The lowest BCUT2D eigenvalue weighted by Crippen LogP contribution is -2.52. The van der Waals surface area contributed by atoms with E-state index < -0.39 is 5.41 Å². The van der Waals surface area contributed by atoms with Crippen molar-refractivity contribution in [2.75, 3.05) is 6.54 Å². The summed E-state index contributed by atoms with van der Waals surface area (Å²) in [5, 5.41) is 5.52. The highest BCUT2D eigenvalue weighted by Gasteiger charge is 2.41. The van der Waals surface area contributed by atoms with Crippen molar-refractivity contribution in [3.05, 3.63) is 0 Å². The van der Waals surface area contributed by atoms with E-state index in [1.807, 2.05) is 20.8 Å². The van der Waals surface area contributed by atoms with E-state index in [9.17, 15) is 9.59 Å². The summed E-state index contributed by atoms with van der Waals surface area (Å²) >= 11 is 5.15. The van der Waals surface area contributed by atoms with Gasteiger partial charge in [0.1, 0.15) is 0 Å². The number of thiocarbonyl (C=S) groups is 1. The lowest BCUT2D eigenvalue weighted by atomic mass is 9.79. The number of nitrogens with two attached hydrogens (primary N) is 1. The van der Waals surface area contributed by atoms with Gasteiger partial charge in [-0.2, -0.15) is 0 Å². The van der Waals surface area contributed by atoms with Crippen LogP contribution in [0.2, 0.25) is 0 Å². The third kappa shape index (κ3) is 5.26. The summed E-state index contributed by atoms with van der Waals surface area (Å²) in [5.41, 5.74) is 4.75. The molecule has 0 saturated heterocycles. The van der Waals surface area contributed by atoms with Crippen molar-refractivity contribution in [3.8, 4) is 0 Å². The molecule has 4 N–H and O–H groups in total. The minimum Gasteiger partial charge on any atom is -0.392 e. The van der Waals surface area contributed by atoms with E-state index in [2.05, 4.69) is 10.6 Å². The molecule has 0 heterocycles. The normalized spacial score (nSPS) is 18.4. The SMILES string of the molecule is CC(C)(C)NC(=O)CNC(=O)C1(C(N)=S)CCCCCC1. The van der Waals surface area contributed by atoms with E-state index in [1.165, 1.54) is 0 Å². The Balaban J connectivity index is 2.66. The predicted octanol–water partition coefficient (Wildman–Crippen LogP) is 1.64. The molecule has 0 bridgehead atoms. The molecule has 0 unspecified atom stereocenters. The monoisotopic (exact) mass is 313 g/mol. The Bertz CT molecular complexity index is 408. The van der Waals surface area contributed by atoms with Crippen LogP contribution in [-0.2, 0) is 9.59 Å². The minimum absolute atomic E-state index is 0.0412. The zero-order valence-electron chi connectivity index (χ0n) is 13.3. The van der Waals surface area contributed by atoms with Crippen LogP contribution in [0.3, 0.4) is 0 Å². The molecule has 0 aromatic rings. The fourth-order valence-corrected chi connectivity index (χ4v) is 3.01. The van der Waals surface area contributed by atoms with Crippen molar-refractivity contribution < 1.29 is 9.59 Å². The third-order valence-corrected chi connectivity index (χ3v) is 4.18. The van der Waals surface area contributed by atoms with Gasteiger partial charge in [0.25, 0.3) is 0 Å². The number of amides is 2. The van der Waals surface area contributed by atoms with Gasteiger partial charge in [-0.05, 0) is 33.6 Å². The van der Waals surface area contributed by atoms with Crippen LogP contribution in [0.25, 0.3) is 0 Å². The van der Waals surface area contributed by atoms with Gasteiger partial charge in [-0.25, -0.2) is 0 Å². The zero-order valence-corrected chi connectivity index (χ0v) is 14.1. The first-order valence-electron chi connectivity index (χ1n) is 7.57. The van der Waals surface area contributed by atoms with Crippen molar-refractivity contribution in [2.45, 2.75) is 64.8 Å². The molecule has 6 heteroatoms. The van der Waals surface area contributed by atoms with E-state index in [0.29, 0.717) is 12.8 Å². The molecule has 0 aromatic heterocycles. The summed E-state index contributed by atoms with van der Waals surface area (Å²) < 4.78 is 0. The number of carbonyl (C=O) groups is 2. The molecule has 120 valence electrons. The van der Waals surface area contributed by atoms with Gasteiger partial charge in [-0.1, -0.05) is 37.9 Å². The molecule has 1 fully saturated rings. The molecule has 0 radical (unpaired) electrons. The second-order valence-electron chi connectivity index (χ2n) is 6.84. The van der Waals surface area contributed by atoms with Crippen LogP contribution < -0.4 is 16.4 Å². The quantitative estimate of drug-likeness (QED) is 0.544. The van der Waals surface area contributed by atoms with E-state index in [4.69, 9.17) is 18.0 Å². The van der Waals surface area contributed by atoms with Crippen LogP contribution in [0.4, 0.5) is 0 Å². The van der Waals surface area contributed by atoms with Gasteiger partial charge in [0.15, 0.2) is 0 Å². The average Bonchev–Trinajstić information content (AvgIpc) is 2.60. The van der Waals surface area contributed by atoms with Gasteiger partial charge in [0.2, 0.25) is 11.8 Å². The molecule has 5 nitrogen and oxygen atoms in total. The van der Waals surface area contributed by atoms with Crippen LogP contribution in [0, 0.1) is 5.41 Å². The Morgan fingerprint density at radius 2 is 1.67 bits per heavy atom. The fourth-order valence-electron chi connectivity index (χ4n) is 2.71. The van der Waals surface area contributed by atoms with Gasteiger partial charge in [0, 0.05) is 5.54 Å². The second-order valence-corrected chi connectivity index (χ2v) is 7.28. The average molecular weight is 313 g/mol. The van der Waals surface area contributed by atoms with E-state index in [1.54, 1.807) is 0 Å². The van der Waals surface area contributed by atoms with Crippen LogP contribution in [0.5, 0.6) is 0 Å². The molecular formula is C15H27N3O2S. The summed E-state index contributed by atoms with van der Waals surface area (Å²) in [7, 11) is 0. The number of carbonyl (C=O) groups excluding carboxylic acids is 2. The van der Waals surface area contributed by atoms with Gasteiger partial charge in [-0.15, -0.1) is 0 Å². The van der Waals surface area contributed by atoms with Gasteiger partial charge < -0.3 is 16.4 Å². The molecule has 1 aliphatic carbocycles. The highest BCUT2D eigenvalue weighted by Crippen LogP contribution is 2.35. The highest BCUT2D eigenvalue weighted by atomic mass is 32.1. The Kier molecular flexibility index (Phi) is 6.13. The predicted molar refractivity (Wildman–Crippen MR) is 87.8 cm³/mol. The molecule has 0 spiro atoms. The first-order valence-corrected chi connectivity index (χ1v) is 7.97. The van der Waals surface area contributed by atoms with Crippen LogP contribution in [-0.4, -0.2) is 28.9 Å². The molecule has 0 aromatic carbocycles. The number of hydrogen-bond acceptors (Lipinski definition) is 3. The van der Waals surface area contributed by atoms with Crippen molar-refractivity contribution in [3.63, 3.8) is 0 Å². The summed E-state index contributed by atoms with van der Waals surface area (Å²) in [6.07, 6.45) is 5.44. The Morgan fingerprint density at radius 1 is 1.14 bits per heavy atom. The topological polar surface area (TPSA) is 84.2 Å². The highest BCUT2D eigenvalue weighted by molar-refractivity contribution is 7.80. The molecule has 1 rings (SSSR count). The summed E-state index contributed by atoms with van der Waals surface area (Å²) in [6, 6.07) is 0. The maximum absolute atomic E-state index is 12.5. The lowest BCUT2D eigenvalue weighted by Gasteiger charge is -2.30. The van der Waals surface area contributed by atoms with Crippen LogP contribution in [0.1, 0.15) is 59.3 Å². The van der Waals surface area contributed by atoms with Crippen molar-refractivity contribution >= 4 is 29.0 Å². The standard InChI is InChI=1S/C15H27N3O2S/c1-14(2,3)18-11(19)10-17-13(20)15(12(16)21)8-6-4-5-7-9-15/h4-10H2,1-3H3,(H2,16,21)(H,17,20)(H,18,19).